The highest BCUT2D eigenvalue weighted by molar-refractivity contribution is 6.09. The van der Waals surface area contributed by atoms with Gasteiger partial charge in [0.1, 0.15) is 24.4 Å². The molecule has 33 heavy (non-hydrogen) atoms. The van der Waals surface area contributed by atoms with Crippen LogP contribution >= 0.6 is 0 Å². The van der Waals surface area contributed by atoms with Crippen LogP contribution in [0.15, 0.2) is 36.4 Å². The number of phenolic OH excluding ortho intramolecular Hbond substituents is 3. The first kappa shape index (κ1) is 24.3. The highest BCUT2D eigenvalue weighted by atomic mass is 16.7. The molecule has 11 heteroatoms. The Hall–Kier alpha value is -3.35. The van der Waals surface area contributed by atoms with Crippen LogP contribution in [0.2, 0.25) is 0 Å². The number of rotatable bonds is 7. The van der Waals surface area contributed by atoms with Crippen LogP contribution in [0, 0.1) is 0 Å². The van der Waals surface area contributed by atoms with Crippen molar-refractivity contribution in [3.63, 3.8) is 0 Å². The molecule has 0 aliphatic carbocycles. The second-order valence-electron chi connectivity index (χ2n) is 7.25. The first-order valence-corrected chi connectivity index (χ1v) is 9.79. The summed E-state index contributed by atoms with van der Waals surface area (Å²) in [5, 5.41) is 68.6. The van der Waals surface area contributed by atoms with Gasteiger partial charge in [0, 0.05) is 0 Å². The lowest BCUT2D eigenvalue weighted by Gasteiger charge is -2.39. The lowest BCUT2D eigenvalue weighted by atomic mass is 9.99. The fraction of sp³-hybridized carbons (Fsp3) is 0.318. The van der Waals surface area contributed by atoms with Gasteiger partial charge in [-0.1, -0.05) is 12.1 Å². The van der Waals surface area contributed by atoms with E-state index in [0.29, 0.717) is 5.56 Å². The minimum absolute atomic E-state index is 0.136. The maximum atomic E-state index is 12.6. The van der Waals surface area contributed by atoms with E-state index in [-0.39, 0.29) is 28.6 Å². The van der Waals surface area contributed by atoms with Gasteiger partial charge in [-0.25, -0.2) is 0 Å². The average molecular weight is 464 g/mol. The number of aromatic hydroxyl groups is 3. The van der Waals surface area contributed by atoms with Crippen LogP contribution in [0.1, 0.15) is 15.9 Å². The highest BCUT2D eigenvalue weighted by Crippen LogP contribution is 2.41. The molecule has 1 aliphatic heterocycles. The van der Waals surface area contributed by atoms with Crippen molar-refractivity contribution in [2.45, 2.75) is 30.7 Å². The molecule has 0 amide bonds. The number of carbonyl (C=O) groups is 1. The molecule has 178 valence electrons. The van der Waals surface area contributed by atoms with E-state index in [2.05, 4.69) is 0 Å². The van der Waals surface area contributed by atoms with Crippen LogP contribution < -0.4 is 9.47 Å². The van der Waals surface area contributed by atoms with E-state index in [1.165, 1.54) is 43.5 Å². The predicted octanol–water partition coefficient (Wildman–Crippen LogP) is -0.113. The molecular weight excluding hydrogens is 440 g/mol. The molecule has 1 heterocycles. The van der Waals surface area contributed by atoms with Gasteiger partial charge in [-0.2, -0.15) is 0 Å². The minimum Gasteiger partial charge on any atom is -0.504 e. The maximum absolute atomic E-state index is 12.6. The summed E-state index contributed by atoms with van der Waals surface area (Å²) in [7, 11) is 1.21. The third-order valence-corrected chi connectivity index (χ3v) is 5.08. The van der Waals surface area contributed by atoms with Crippen LogP contribution in [0.4, 0.5) is 0 Å². The Kier molecular flexibility index (Phi) is 7.41. The number of carbonyl (C=O) groups excluding carboxylic acids is 1. The Morgan fingerprint density at radius 1 is 1.03 bits per heavy atom. The molecule has 0 aromatic heterocycles. The number of ether oxygens (including phenoxy) is 3. The van der Waals surface area contributed by atoms with Crippen LogP contribution in [0.3, 0.4) is 0 Å². The summed E-state index contributed by atoms with van der Waals surface area (Å²) in [5.41, 5.74) is 0.278. The van der Waals surface area contributed by atoms with E-state index < -0.39 is 48.8 Å². The van der Waals surface area contributed by atoms with E-state index in [1.807, 2.05) is 0 Å². The van der Waals surface area contributed by atoms with Gasteiger partial charge in [-0.05, 0) is 35.9 Å². The van der Waals surface area contributed by atoms with Gasteiger partial charge in [0.2, 0.25) is 12.0 Å². The number of aliphatic hydroxyl groups is 4. The summed E-state index contributed by atoms with van der Waals surface area (Å²) >= 11 is 0. The molecule has 0 saturated carbocycles. The quantitative estimate of drug-likeness (QED) is 0.165. The van der Waals surface area contributed by atoms with Gasteiger partial charge in [-0.3, -0.25) is 4.79 Å². The summed E-state index contributed by atoms with van der Waals surface area (Å²) in [6.45, 7) is -0.647. The smallest absolute Gasteiger partial charge is 0.229 e. The van der Waals surface area contributed by atoms with E-state index in [0.717, 1.165) is 6.08 Å². The van der Waals surface area contributed by atoms with Crippen LogP contribution in [0.25, 0.3) is 6.08 Å². The number of methoxy groups -OCH3 is 1. The van der Waals surface area contributed by atoms with Crippen molar-refractivity contribution >= 4 is 11.9 Å². The van der Waals surface area contributed by atoms with Crippen molar-refractivity contribution in [2.24, 2.45) is 0 Å². The summed E-state index contributed by atoms with van der Waals surface area (Å²) in [4.78, 5) is 12.6. The van der Waals surface area contributed by atoms with Gasteiger partial charge in [0.15, 0.2) is 28.8 Å². The molecule has 3 rings (SSSR count). The van der Waals surface area contributed by atoms with E-state index in [9.17, 15) is 40.5 Å². The maximum Gasteiger partial charge on any atom is 0.229 e. The second kappa shape index (κ2) is 10.1. The van der Waals surface area contributed by atoms with Crippen molar-refractivity contribution in [2.75, 3.05) is 13.7 Å². The summed E-state index contributed by atoms with van der Waals surface area (Å²) in [6, 6.07) is 6.48. The van der Waals surface area contributed by atoms with Gasteiger partial charge >= 0.3 is 0 Å². The molecule has 1 aliphatic rings. The molecular formula is C22H24O11. The minimum atomic E-state index is -1.68. The zero-order valence-corrected chi connectivity index (χ0v) is 17.4. The zero-order chi connectivity index (χ0) is 24.3. The molecule has 2 aromatic rings. The average Bonchev–Trinajstić information content (AvgIpc) is 2.80. The molecule has 5 atom stereocenters. The van der Waals surface area contributed by atoms with Crippen LogP contribution in [0.5, 0.6) is 28.7 Å². The number of hydrogen-bond acceptors (Lipinski definition) is 11. The van der Waals surface area contributed by atoms with Crippen molar-refractivity contribution in [1.29, 1.82) is 0 Å². The van der Waals surface area contributed by atoms with E-state index >= 15 is 0 Å². The Balaban J connectivity index is 1.82. The van der Waals surface area contributed by atoms with Crippen LogP contribution in [-0.4, -0.2) is 86.0 Å². The first-order valence-electron chi connectivity index (χ1n) is 9.79. The number of phenols is 3. The van der Waals surface area contributed by atoms with E-state index in [1.54, 1.807) is 0 Å². The lowest BCUT2D eigenvalue weighted by Crippen LogP contribution is -2.60. The lowest BCUT2D eigenvalue weighted by molar-refractivity contribution is -0.277. The molecule has 2 aromatic carbocycles. The summed E-state index contributed by atoms with van der Waals surface area (Å²) in [5.74, 6) is -2.24. The normalized spacial score (nSPS) is 25.2. The second-order valence-corrected chi connectivity index (χ2v) is 7.25. The fourth-order valence-corrected chi connectivity index (χ4v) is 3.24. The number of aliphatic hydroxyl groups excluding tert-OH is 4. The van der Waals surface area contributed by atoms with E-state index in [4.69, 9.17) is 14.2 Å². The topological polar surface area (TPSA) is 186 Å². The highest BCUT2D eigenvalue weighted by Gasteiger charge is 2.45. The molecule has 0 spiro atoms. The zero-order valence-electron chi connectivity index (χ0n) is 17.4. The number of ketones is 1. The number of hydrogen-bond donors (Lipinski definition) is 7. The van der Waals surface area contributed by atoms with Crippen molar-refractivity contribution in [3.8, 4) is 28.7 Å². The number of benzene rings is 2. The Morgan fingerprint density at radius 3 is 2.39 bits per heavy atom. The Morgan fingerprint density at radius 2 is 1.76 bits per heavy atom. The molecule has 7 N–H and O–H groups in total. The third-order valence-electron chi connectivity index (χ3n) is 5.08. The predicted molar refractivity (Wildman–Crippen MR) is 112 cm³/mol. The Bertz CT molecular complexity index is 1030. The molecule has 0 bridgehead atoms. The monoisotopic (exact) mass is 464 g/mol. The molecule has 1 saturated heterocycles. The van der Waals surface area contributed by atoms with Crippen LogP contribution in [-0.2, 0) is 4.74 Å². The molecule has 0 radical (unpaired) electrons. The summed E-state index contributed by atoms with van der Waals surface area (Å²) < 4.78 is 15.9. The fourth-order valence-electron chi connectivity index (χ4n) is 3.24. The first-order chi connectivity index (χ1) is 15.7. The van der Waals surface area contributed by atoms with Crippen molar-refractivity contribution in [1.82, 2.24) is 0 Å². The molecule has 11 nitrogen and oxygen atoms in total. The molecule has 1 fully saturated rings. The van der Waals surface area contributed by atoms with Crippen molar-refractivity contribution in [3.05, 3.63) is 47.5 Å². The SMILES string of the molecule is COc1c(O[C@@H]2O[C@@H](CO)[C@H](O)[C@@H](O)[C@@H]2O)ccc(C(=O)C=Cc2ccc(O)c(O)c2)c1O. The van der Waals surface area contributed by atoms with Gasteiger partial charge < -0.3 is 50.0 Å². The van der Waals surface area contributed by atoms with Gasteiger partial charge in [0.25, 0.3) is 0 Å². The molecule has 0 unspecified atom stereocenters. The van der Waals surface area contributed by atoms with Crippen molar-refractivity contribution < 1.29 is 54.8 Å². The largest absolute Gasteiger partial charge is 0.504 e. The standard InChI is InChI=1S/C22H24O11/c1-31-21-15(32-22-20(30)19(29)18(28)16(9-23)33-22)7-4-11(17(21)27)12(24)5-2-10-3-6-13(25)14(26)8-10/h2-8,16,18-20,22-23,25-30H,9H2,1H3/t16-,18-,19+,20-,22+/m0/s1. The Labute approximate surface area is 188 Å². The number of allylic oxidation sites excluding steroid dienone is 1. The van der Waals surface area contributed by atoms with Gasteiger partial charge in [0.05, 0.1) is 19.3 Å². The summed E-state index contributed by atoms with van der Waals surface area (Å²) in [6.07, 6.45) is -5.12. The van der Waals surface area contributed by atoms with Gasteiger partial charge in [-0.15, -0.1) is 0 Å². The third kappa shape index (κ3) is 5.02.